The molecule has 0 bridgehead atoms. The van der Waals surface area contributed by atoms with Crippen molar-refractivity contribution in [3.8, 4) is 22.5 Å². The summed E-state index contributed by atoms with van der Waals surface area (Å²) in [6, 6.07) is 11.7. The number of carbonyl (C=O) groups is 2. The van der Waals surface area contributed by atoms with Crippen molar-refractivity contribution in [3.63, 3.8) is 0 Å². The molecule has 0 radical (unpaired) electrons. The van der Waals surface area contributed by atoms with Gasteiger partial charge >= 0.3 is 11.9 Å². The minimum Gasteiger partial charge on any atom is -0.478 e. The van der Waals surface area contributed by atoms with E-state index in [1.165, 1.54) is 54.6 Å². The van der Waals surface area contributed by atoms with Crippen molar-refractivity contribution in [2.45, 2.75) is 39.1 Å². The van der Waals surface area contributed by atoms with Crippen LogP contribution in [0.1, 0.15) is 70.7 Å². The van der Waals surface area contributed by atoms with Crippen molar-refractivity contribution in [2.24, 2.45) is 0 Å². The molecule has 2 saturated heterocycles. The van der Waals surface area contributed by atoms with Gasteiger partial charge in [-0.05, 0) is 69.1 Å². The highest BCUT2D eigenvalue weighted by Gasteiger charge is 2.26. The molecule has 0 saturated carbocycles. The summed E-state index contributed by atoms with van der Waals surface area (Å²) in [7, 11) is 0. The largest absolute Gasteiger partial charge is 0.478 e. The van der Waals surface area contributed by atoms with E-state index in [1.54, 1.807) is 20.8 Å². The van der Waals surface area contributed by atoms with E-state index < -0.39 is 56.3 Å². The average Bonchev–Trinajstić information content (AvgIpc) is 2.97. The molecule has 1 N–H and O–H groups in total. The van der Waals surface area contributed by atoms with Crippen molar-refractivity contribution in [2.75, 3.05) is 30.9 Å². The van der Waals surface area contributed by atoms with Gasteiger partial charge in [-0.15, -0.1) is 0 Å². The maximum absolute atomic E-state index is 13.1. The molecule has 194 valence electrons. The van der Waals surface area contributed by atoms with Crippen LogP contribution in [0, 0.1) is 0 Å². The first-order valence-corrected chi connectivity index (χ1v) is 11.8. The second-order valence-corrected chi connectivity index (χ2v) is 9.77. The third-order valence-corrected chi connectivity index (χ3v) is 6.03. The number of aromatic carboxylic acids is 1. The van der Waals surface area contributed by atoms with E-state index >= 15 is 0 Å². The van der Waals surface area contributed by atoms with Crippen LogP contribution >= 0.6 is 0 Å². The standard InChI is InChI=1S/C31H30N2O5/c1-31(2,3)38-30(36)19-6-9-22(29(34)35)25(16-19)28-23-10-7-20(32-12-4-13-32)17-26(23)37-27-18-21(8-11-24(27)28)33-14-5-15-33/h6-11,16-18H,4-5,12-15H2,1-3H3/p+1/i4D2,5D2,12D2,13D2,14D2,15D2. The first kappa shape index (κ1) is 14.1. The Morgan fingerprint density at radius 2 is 1.79 bits per heavy atom. The van der Waals surface area contributed by atoms with Gasteiger partial charge in [-0.2, -0.15) is 0 Å². The molecule has 4 aliphatic rings. The molecule has 1 aliphatic carbocycles. The van der Waals surface area contributed by atoms with Gasteiger partial charge in [0.15, 0.2) is 0 Å². The van der Waals surface area contributed by atoms with E-state index in [-0.39, 0.29) is 55.6 Å². The third kappa shape index (κ3) is 4.32. The van der Waals surface area contributed by atoms with Gasteiger partial charge < -0.3 is 19.2 Å². The number of fused-ring (bicyclic) bond motifs is 2. The van der Waals surface area contributed by atoms with Gasteiger partial charge in [-0.3, -0.25) is 0 Å². The molecule has 0 atom stereocenters. The number of carboxylic acids is 1. The number of rotatable bonds is 4. The molecule has 2 fully saturated rings. The number of anilines is 1. The maximum Gasteiger partial charge on any atom is 0.338 e. The first-order valence-electron chi connectivity index (χ1n) is 17.8. The Morgan fingerprint density at radius 1 is 1.00 bits per heavy atom. The molecule has 7 heteroatoms. The molecule has 7 nitrogen and oxygen atoms in total. The van der Waals surface area contributed by atoms with Crippen LogP contribution in [0.2, 0.25) is 0 Å². The van der Waals surface area contributed by atoms with Crippen LogP contribution in [0.5, 0.6) is 0 Å². The van der Waals surface area contributed by atoms with Crippen LogP contribution in [-0.4, -0.2) is 48.6 Å². The minimum absolute atomic E-state index is 0.00339. The Balaban J connectivity index is 1.69. The van der Waals surface area contributed by atoms with Gasteiger partial charge in [0.25, 0.3) is 0 Å². The highest BCUT2D eigenvalue weighted by Crippen LogP contribution is 2.42. The molecular formula is C31H31N2O5+. The summed E-state index contributed by atoms with van der Waals surface area (Å²) in [4.78, 5) is 26.3. The molecule has 0 unspecified atom stereocenters. The van der Waals surface area contributed by atoms with Crippen LogP contribution in [0.4, 0.5) is 5.69 Å². The Kier molecular flexibility index (Phi) is 3.35. The number of ether oxygens (including phenoxy) is 1. The second-order valence-electron chi connectivity index (χ2n) is 9.77. The predicted octanol–water partition coefficient (Wildman–Crippen LogP) is 5.24. The number of carboxylic acid groups (broad SMARTS) is 1. The first-order chi connectivity index (χ1) is 22.7. The zero-order valence-electron chi connectivity index (χ0n) is 32.7. The normalized spacial score (nSPS) is 28.0. The lowest BCUT2D eigenvalue weighted by atomic mass is 9.89. The fraction of sp³-hybridized carbons (Fsp3) is 0.323. The summed E-state index contributed by atoms with van der Waals surface area (Å²) in [5, 5.41) is 10.3. The summed E-state index contributed by atoms with van der Waals surface area (Å²) < 4.78 is 110. The number of hydrogen-bond acceptors (Lipinski definition) is 5. The topological polar surface area (TPSA) is 83.0 Å². The van der Waals surface area contributed by atoms with E-state index in [9.17, 15) is 14.7 Å². The Bertz CT molecular complexity index is 2130. The number of benzene rings is 3. The summed E-state index contributed by atoms with van der Waals surface area (Å²) in [5.74, 6) is -2.19. The fourth-order valence-electron chi connectivity index (χ4n) is 4.32. The summed E-state index contributed by atoms with van der Waals surface area (Å²) in [6.45, 7) is -6.17. The zero-order chi connectivity index (χ0) is 37.4. The van der Waals surface area contributed by atoms with Gasteiger partial charge in [-0.1, -0.05) is 0 Å². The van der Waals surface area contributed by atoms with E-state index in [0.29, 0.717) is 9.48 Å². The van der Waals surface area contributed by atoms with Crippen molar-refractivity contribution >= 4 is 28.6 Å². The van der Waals surface area contributed by atoms with Gasteiger partial charge in [0.2, 0.25) is 5.36 Å². The maximum atomic E-state index is 13.1. The summed E-state index contributed by atoms with van der Waals surface area (Å²) in [5.41, 5.74) is -0.919. The van der Waals surface area contributed by atoms with E-state index in [0.717, 1.165) is 0 Å². The molecule has 0 aromatic heterocycles. The molecule has 3 heterocycles. The third-order valence-electron chi connectivity index (χ3n) is 6.03. The molecular weight excluding hydrogens is 480 g/mol. The number of nitrogens with zero attached hydrogens (tertiary/aromatic N) is 2. The lowest BCUT2D eigenvalue weighted by Gasteiger charge is -2.33. The van der Waals surface area contributed by atoms with E-state index in [1.807, 2.05) is 0 Å². The molecule has 2 aromatic rings. The average molecular weight is 524 g/mol. The van der Waals surface area contributed by atoms with Crippen molar-refractivity contribution in [3.05, 3.63) is 71.1 Å². The second kappa shape index (κ2) is 9.01. The van der Waals surface area contributed by atoms with Crippen LogP contribution in [0.25, 0.3) is 33.4 Å². The zero-order valence-corrected chi connectivity index (χ0v) is 20.7. The van der Waals surface area contributed by atoms with Crippen molar-refractivity contribution in [1.82, 2.24) is 4.58 Å². The number of hydrogen-bond donors (Lipinski definition) is 1. The SMILES string of the molecule is [2H]C1([2H])N(c2ccc3c(-c4cc(C(=O)OC(C)(C)C)ccc4C(=O)O)c4ccc(=[N+]5C([2H])([2H])C([2H])([2H])C5([2H])[2H])cc-4oc3c2)C([2H])([2H])C1([2H])[2H]. The molecule has 2 aromatic carbocycles. The lowest BCUT2D eigenvalue weighted by molar-refractivity contribution is 0.00691. The van der Waals surface area contributed by atoms with Crippen LogP contribution < -0.4 is 14.8 Å². The Labute approximate surface area is 237 Å². The molecule has 3 aliphatic heterocycles. The Morgan fingerprint density at radius 3 is 2.53 bits per heavy atom. The summed E-state index contributed by atoms with van der Waals surface area (Å²) >= 11 is 0. The van der Waals surface area contributed by atoms with Crippen molar-refractivity contribution < 1.29 is 40.3 Å². The van der Waals surface area contributed by atoms with Crippen molar-refractivity contribution in [1.29, 1.82) is 0 Å². The quantitative estimate of drug-likeness (QED) is 0.224. The van der Waals surface area contributed by atoms with E-state index in [2.05, 4.69) is 0 Å². The Hall–Kier alpha value is -4.13. The predicted molar refractivity (Wildman–Crippen MR) is 147 cm³/mol. The van der Waals surface area contributed by atoms with Crippen LogP contribution in [0.15, 0.2) is 59.0 Å². The van der Waals surface area contributed by atoms with Gasteiger partial charge in [-0.25, -0.2) is 14.2 Å². The highest BCUT2D eigenvalue weighted by molar-refractivity contribution is 6.09. The number of carbonyl (C=O) groups excluding carboxylic acids is 1. The minimum atomic E-state index is -2.89. The highest BCUT2D eigenvalue weighted by atomic mass is 16.6. The summed E-state index contributed by atoms with van der Waals surface area (Å²) in [6.07, 6.45) is -5.79. The van der Waals surface area contributed by atoms with Crippen LogP contribution in [-0.2, 0) is 4.74 Å². The van der Waals surface area contributed by atoms with Crippen LogP contribution in [0.3, 0.4) is 0 Å². The molecule has 6 rings (SSSR count). The van der Waals surface area contributed by atoms with Gasteiger partial charge in [0.1, 0.15) is 35.4 Å². The fourth-order valence-corrected chi connectivity index (χ4v) is 4.32. The molecule has 0 spiro atoms. The molecule has 0 amide bonds. The van der Waals surface area contributed by atoms with Gasteiger partial charge in [0, 0.05) is 58.3 Å². The lowest BCUT2D eigenvalue weighted by Crippen LogP contribution is -2.40. The number of esters is 1. The smallest absolute Gasteiger partial charge is 0.338 e. The molecule has 38 heavy (non-hydrogen) atoms. The van der Waals surface area contributed by atoms with Gasteiger partial charge in [0.05, 0.1) is 23.6 Å². The van der Waals surface area contributed by atoms with E-state index in [4.69, 9.17) is 25.6 Å². The monoisotopic (exact) mass is 523 g/mol.